The van der Waals surface area contributed by atoms with Crippen LogP contribution in [0.4, 0.5) is 0 Å². The number of guanidine groups is 1. The Kier molecular flexibility index (Phi) is 1.77. The number of hydrogen-bond acceptors (Lipinski definition) is 5. The van der Waals surface area contributed by atoms with E-state index in [1.165, 1.54) is 11.9 Å². The lowest BCUT2D eigenvalue weighted by atomic mass is 10.3. The summed E-state index contributed by atoms with van der Waals surface area (Å²) < 4.78 is 0. The molecule has 0 aliphatic carbocycles. The van der Waals surface area contributed by atoms with Gasteiger partial charge in [-0.3, -0.25) is 0 Å². The Bertz CT molecular complexity index is 393. The minimum atomic E-state index is -0.859. The summed E-state index contributed by atoms with van der Waals surface area (Å²) in [6.07, 6.45) is 0. The summed E-state index contributed by atoms with van der Waals surface area (Å²) in [5.74, 6) is 0.802. The van der Waals surface area contributed by atoms with Crippen molar-refractivity contribution in [3.8, 4) is 6.07 Å². The second kappa shape index (κ2) is 2.74. The maximum absolute atomic E-state index is 10.1. The predicted molar refractivity (Wildman–Crippen MR) is 39.4 cm³/mol. The van der Waals surface area contributed by atoms with E-state index in [4.69, 9.17) is 10.7 Å². The second-order valence-corrected chi connectivity index (χ2v) is 1.70. The molecule has 0 aromatic heterocycles. The third-order valence-corrected chi connectivity index (χ3v) is 1.02. The highest BCUT2D eigenvalue weighted by molar-refractivity contribution is 6.22. The van der Waals surface area contributed by atoms with Gasteiger partial charge in [0.15, 0.2) is 0 Å². The van der Waals surface area contributed by atoms with Crippen LogP contribution in [0.1, 0.15) is 0 Å². The molecule has 58 valence electrons. The van der Waals surface area contributed by atoms with Gasteiger partial charge in [0.2, 0.25) is 5.70 Å². The van der Waals surface area contributed by atoms with Gasteiger partial charge >= 0.3 is 5.96 Å². The first-order valence-corrected chi connectivity index (χ1v) is 2.68. The highest BCUT2D eigenvalue weighted by atomic mass is 16.6. The van der Waals surface area contributed by atoms with Gasteiger partial charge in [-0.2, -0.15) is 5.26 Å². The van der Waals surface area contributed by atoms with Gasteiger partial charge in [-0.1, -0.05) is 4.99 Å². The second-order valence-electron chi connectivity index (χ2n) is 1.70. The maximum atomic E-state index is 10.1. The minimum Gasteiger partial charge on any atom is -0.760 e. The maximum Gasteiger partial charge on any atom is 0.471 e. The standard InChI is InChI=1S/C5N5O2/c6-1-3-4(2-7)9-5(8-3)10(11)12/q-1. The first kappa shape index (κ1) is 7.78. The lowest BCUT2D eigenvalue weighted by Crippen LogP contribution is -2.05. The van der Waals surface area contributed by atoms with Crippen molar-refractivity contribution in [3.05, 3.63) is 21.2 Å². The first-order valence-electron chi connectivity index (χ1n) is 2.68. The van der Waals surface area contributed by atoms with Gasteiger partial charge in [0.05, 0.1) is 0 Å². The summed E-state index contributed by atoms with van der Waals surface area (Å²) in [7, 11) is 0. The number of nitriles is 1. The molecule has 12 heavy (non-hydrogen) atoms. The zero-order valence-corrected chi connectivity index (χ0v) is 5.55. The molecule has 0 N–H and O–H groups in total. The fraction of sp³-hybridized carbons (Fsp3) is 0. The van der Waals surface area contributed by atoms with Gasteiger partial charge in [0.25, 0.3) is 5.71 Å². The molecular formula is C5N5O2-. The zero-order chi connectivity index (χ0) is 9.14. The van der Waals surface area contributed by atoms with Crippen molar-refractivity contribution in [2.45, 2.75) is 0 Å². The number of hydrogen-bond donors (Lipinski definition) is 0. The molecule has 0 bridgehead atoms. The normalized spacial score (nSPS) is 14.4. The molecule has 0 amide bonds. The molecule has 0 atom stereocenters. The van der Waals surface area contributed by atoms with E-state index in [1.807, 2.05) is 0 Å². The molecular weight excluding hydrogens is 162 g/mol. The molecule has 0 fully saturated rings. The summed E-state index contributed by atoms with van der Waals surface area (Å²) >= 11 is 0. The average Bonchev–Trinajstić information content (AvgIpc) is 2.46. The largest absolute Gasteiger partial charge is 0.760 e. The number of allylic oxidation sites excluding steroid dienone is 1. The van der Waals surface area contributed by atoms with Crippen LogP contribution < -0.4 is 0 Å². The van der Waals surface area contributed by atoms with Crippen LogP contribution in [0.2, 0.25) is 0 Å². The number of nitrogens with zero attached hydrogens (tertiary/aromatic N) is 5. The number of rotatable bonds is 0. The van der Waals surface area contributed by atoms with Crippen molar-refractivity contribution >= 4 is 17.5 Å². The van der Waals surface area contributed by atoms with Crippen molar-refractivity contribution in [2.75, 3.05) is 0 Å². The molecule has 0 saturated carbocycles. The number of aliphatic imine (C=N–C) groups is 2. The van der Waals surface area contributed by atoms with Crippen LogP contribution in [0.15, 0.2) is 15.7 Å². The average molecular weight is 162 g/mol. The van der Waals surface area contributed by atoms with E-state index in [1.54, 1.807) is 0 Å². The summed E-state index contributed by atoms with van der Waals surface area (Å²) in [5.41, 5.74) is -0.631. The van der Waals surface area contributed by atoms with Crippen LogP contribution in [0.25, 0.3) is 5.41 Å². The minimum absolute atomic E-state index is 0.316. The lowest BCUT2D eigenvalue weighted by molar-refractivity contribution is -0.351. The molecule has 0 aromatic rings. The Labute approximate surface area is 66.0 Å². The molecule has 1 heterocycles. The Morgan fingerprint density at radius 3 is 2.58 bits per heavy atom. The Balaban J connectivity index is 3.18. The van der Waals surface area contributed by atoms with Gasteiger partial charge in [-0.15, -0.1) is 0 Å². The van der Waals surface area contributed by atoms with Crippen LogP contribution in [-0.2, 0) is 0 Å². The van der Waals surface area contributed by atoms with E-state index in [0.717, 1.165) is 0 Å². The zero-order valence-electron chi connectivity index (χ0n) is 5.55. The summed E-state index contributed by atoms with van der Waals surface area (Å²) in [5, 5.41) is 26.7. The quantitative estimate of drug-likeness (QED) is 0.277. The molecule has 0 aromatic carbocycles. The van der Waals surface area contributed by atoms with Crippen LogP contribution in [-0.4, -0.2) is 22.5 Å². The van der Waals surface area contributed by atoms with Crippen LogP contribution in [0.3, 0.4) is 0 Å². The molecule has 1 rings (SSSR count). The SMILES string of the molecule is N#CC1=NC([N+](=O)[O-])=NC1=C=[N-]. The highest BCUT2D eigenvalue weighted by Gasteiger charge is 2.26. The van der Waals surface area contributed by atoms with E-state index in [0.29, 0.717) is 0 Å². The topological polar surface area (TPSA) is 114 Å². The number of nitro groups is 1. The summed E-state index contributed by atoms with van der Waals surface area (Å²) in [6, 6.07) is 1.52. The van der Waals surface area contributed by atoms with Crippen molar-refractivity contribution in [1.29, 1.82) is 5.26 Å². The van der Waals surface area contributed by atoms with E-state index in [-0.39, 0.29) is 11.4 Å². The third kappa shape index (κ3) is 1.10. The fourth-order valence-corrected chi connectivity index (χ4v) is 0.568. The van der Waals surface area contributed by atoms with Crippen molar-refractivity contribution < 1.29 is 4.92 Å². The van der Waals surface area contributed by atoms with Gasteiger partial charge < -0.3 is 15.5 Å². The van der Waals surface area contributed by atoms with Gasteiger partial charge in [-0.05, 0) is 9.92 Å². The van der Waals surface area contributed by atoms with Crippen LogP contribution >= 0.6 is 0 Å². The molecule has 7 nitrogen and oxygen atoms in total. The van der Waals surface area contributed by atoms with Gasteiger partial charge in [-0.25, -0.2) is 5.87 Å². The Morgan fingerprint density at radius 2 is 2.25 bits per heavy atom. The molecule has 0 unspecified atom stereocenters. The first-order chi connectivity index (χ1) is 5.69. The Morgan fingerprint density at radius 1 is 1.58 bits per heavy atom. The van der Waals surface area contributed by atoms with E-state index in [9.17, 15) is 10.1 Å². The Hall–Kier alpha value is -2.32. The van der Waals surface area contributed by atoms with Crippen molar-refractivity contribution in [3.63, 3.8) is 0 Å². The van der Waals surface area contributed by atoms with Crippen molar-refractivity contribution in [2.24, 2.45) is 9.98 Å². The monoisotopic (exact) mass is 162 g/mol. The van der Waals surface area contributed by atoms with E-state index >= 15 is 0 Å². The fourth-order valence-electron chi connectivity index (χ4n) is 0.568. The smallest absolute Gasteiger partial charge is 0.471 e. The van der Waals surface area contributed by atoms with E-state index < -0.39 is 10.9 Å². The molecule has 0 spiro atoms. The third-order valence-electron chi connectivity index (χ3n) is 1.02. The van der Waals surface area contributed by atoms with Crippen LogP contribution in [0.5, 0.6) is 0 Å². The molecule has 7 heteroatoms. The molecule has 1 aliphatic rings. The van der Waals surface area contributed by atoms with Gasteiger partial charge in [0, 0.05) is 0 Å². The molecule has 1 aliphatic heterocycles. The summed E-state index contributed by atoms with van der Waals surface area (Å²) in [4.78, 5) is 15.6. The lowest BCUT2D eigenvalue weighted by Gasteiger charge is -1.84. The van der Waals surface area contributed by atoms with Gasteiger partial charge in [0.1, 0.15) is 6.07 Å². The van der Waals surface area contributed by atoms with Crippen LogP contribution in [0, 0.1) is 21.4 Å². The molecule has 0 radical (unpaired) electrons. The predicted octanol–water partition coefficient (Wildman–Crippen LogP) is -0.280. The van der Waals surface area contributed by atoms with Crippen molar-refractivity contribution in [1.82, 2.24) is 0 Å². The van der Waals surface area contributed by atoms with E-state index in [2.05, 4.69) is 9.98 Å². The highest BCUT2D eigenvalue weighted by Crippen LogP contribution is 2.06. The summed E-state index contributed by atoms with van der Waals surface area (Å²) in [6.45, 7) is 0. The molecule has 0 saturated heterocycles.